The number of hydrogen-bond acceptors (Lipinski definition) is 2. The number of allylic oxidation sites excluding steroid dienone is 3. The Hall–Kier alpha value is -1.97. The third-order valence-corrected chi connectivity index (χ3v) is 9.59. The van der Waals surface area contributed by atoms with Crippen molar-refractivity contribution in [2.75, 3.05) is 0 Å². The monoisotopic (exact) mass is 526 g/mol. The van der Waals surface area contributed by atoms with Crippen LogP contribution >= 0.6 is 0 Å². The highest BCUT2D eigenvalue weighted by Gasteiger charge is 2.34. The van der Waals surface area contributed by atoms with Gasteiger partial charge < -0.3 is 4.74 Å². The van der Waals surface area contributed by atoms with Crippen molar-refractivity contribution in [1.82, 2.24) is 0 Å². The fourth-order valence-corrected chi connectivity index (χ4v) is 7.09. The molecule has 0 radical (unpaired) electrons. The van der Waals surface area contributed by atoms with Gasteiger partial charge in [0.15, 0.2) is 11.6 Å². The average Bonchev–Trinajstić information content (AvgIpc) is 2.95. The zero-order valence-electron chi connectivity index (χ0n) is 23.7. The molecule has 0 aromatic heterocycles. The maximum atomic E-state index is 14.8. The van der Waals surface area contributed by atoms with Crippen molar-refractivity contribution in [1.29, 1.82) is 0 Å². The van der Waals surface area contributed by atoms with E-state index in [-0.39, 0.29) is 18.0 Å². The van der Waals surface area contributed by atoms with E-state index in [0.29, 0.717) is 36.8 Å². The summed E-state index contributed by atoms with van der Waals surface area (Å²) in [5, 5.41) is 0. The standard InChI is InChI=1S/C34H48F2O2/c1-3-5-7-8-24-10-12-25(13-11-24)26-14-16-29(17-15-26)34(37)38-30-21-18-27(19-22-30)31-23-20-28(9-6-4-2)32(35)33(31)36/h3,5,18,20,23-26,29-30H,4,6-17,19,21-22H2,1-2H3/b5-3+. The minimum atomic E-state index is -0.737. The van der Waals surface area contributed by atoms with Crippen molar-refractivity contribution in [2.24, 2.45) is 23.7 Å². The summed E-state index contributed by atoms with van der Waals surface area (Å²) in [5.74, 6) is 1.06. The molecule has 38 heavy (non-hydrogen) atoms. The molecule has 2 saturated carbocycles. The Kier molecular flexibility index (Phi) is 11.0. The van der Waals surface area contributed by atoms with Crippen LogP contribution in [0.2, 0.25) is 0 Å². The normalized spacial score (nSPS) is 28.3. The molecule has 1 aromatic carbocycles. The number of rotatable bonds is 10. The summed E-state index contributed by atoms with van der Waals surface area (Å²) in [7, 11) is 0. The van der Waals surface area contributed by atoms with Gasteiger partial charge in [0.2, 0.25) is 0 Å². The van der Waals surface area contributed by atoms with Crippen molar-refractivity contribution in [3.63, 3.8) is 0 Å². The predicted octanol–water partition coefficient (Wildman–Crippen LogP) is 9.76. The predicted molar refractivity (Wildman–Crippen MR) is 152 cm³/mol. The lowest BCUT2D eigenvalue weighted by Crippen LogP contribution is -2.31. The highest BCUT2D eigenvalue weighted by Crippen LogP contribution is 2.43. The topological polar surface area (TPSA) is 26.3 Å². The minimum Gasteiger partial charge on any atom is -0.462 e. The van der Waals surface area contributed by atoms with E-state index in [1.54, 1.807) is 12.1 Å². The number of hydrogen-bond donors (Lipinski definition) is 0. The van der Waals surface area contributed by atoms with E-state index in [1.165, 1.54) is 38.5 Å². The first-order valence-electron chi connectivity index (χ1n) is 15.5. The number of ether oxygens (including phenoxy) is 1. The number of carbonyl (C=O) groups excluding carboxylic acids is 1. The van der Waals surface area contributed by atoms with Crippen LogP contribution in [0.1, 0.15) is 121 Å². The van der Waals surface area contributed by atoms with Crippen molar-refractivity contribution >= 4 is 11.5 Å². The van der Waals surface area contributed by atoms with Gasteiger partial charge in [-0.3, -0.25) is 4.79 Å². The lowest BCUT2D eigenvalue weighted by atomic mass is 9.68. The Balaban J connectivity index is 1.20. The molecular weight excluding hydrogens is 478 g/mol. The van der Waals surface area contributed by atoms with Crippen LogP contribution < -0.4 is 0 Å². The summed E-state index contributed by atoms with van der Waals surface area (Å²) in [4.78, 5) is 12.9. The molecule has 0 bridgehead atoms. The molecule has 4 heteroatoms. The summed E-state index contributed by atoms with van der Waals surface area (Å²) in [6.07, 6.45) is 22.7. The summed E-state index contributed by atoms with van der Waals surface area (Å²) in [5.41, 5.74) is 1.64. The van der Waals surface area contributed by atoms with Gasteiger partial charge in [0.1, 0.15) is 6.10 Å². The van der Waals surface area contributed by atoms with Crippen LogP contribution in [-0.2, 0) is 16.0 Å². The van der Waals surface area contributed by atoms with Gasteiger partial charge in [0.05, 0.1) is 5.92 Å². The molecule has 210 valence electrons. The Morgan fingerprint density at radius 3 is 2.32 bits per heavy atom. The molecule has 0 N–H and O–H groups in total. The van der Waals surface area contributed by atoms with Crippen LogP contribution in [0.3, 0.4) is 0 Å². The van der Waals surface area contributed by atoms with E-state index in [9.17, 15) is 13.6 Å². The van der Waals surface area contributed by atoms with Gasteiger partial charge in [0.25, 0.3) is 0 Å². The van der Waals surface area contributed by atoms with Gasteiger partial charge in [-0.2, -0.15) is 0 Å². The molecule has 0 aliphatic heterocycles. The molecule has 0 heterocycles. The van der Waals surface area contributed by atoms with Crippen LogP contribution in [0.4, 0.5) is 8.78 Å². The second-order valence-corrected chi connectivity index (χ2v) is 12.1. The lowest BCUT2D eigenvalue weighted by Gasteiger charge is -2.37. The van der Waals surface area contributed by atoms with Gasteiger partial charge in [-0.25, -0.2) is 8.78 Å². The Labute approximate surface area is 229 Å². The van der Waals surface area contributed by atoms with E-state index in [1.807, 2.05) is 13.0 Å². The summed E-state index contributed by atoms with van der Waals surface area (Å²) in [6, 6.07) is 3.44. The van der Waals surface area contributed by atoms with Gasteiger partial charge in [0, 0.05) is 12.0 Å². The molecule has 4 rings (SSSR count). The molecule has 1 atom stereocenters. The smallest absolute Gasteiger partial charge is 0.309 e. The molecule has 0 saturated heterocycles. The lowest BCUT2D eigenvalue weighted by molar-refractivity contribution is -0.156. The van der Waals surface area contributed by atoms with E-state index >= 15 is 0 Å². The molecule has 2 nitrogen and oxygen atoms in total. The van der Waals surface area contributed by atoms with Crippen molar-refractivity contribution < 1.29 is 18.3 Å². The maximum absolute atomic E-state index is 14.8. The number of aryl methyl sites for hydroxylation is 1. The highest BCUT2D eigenvalue weighted by atomic mass is 19.2. The number of benzene rings is 1. The molecule has 3 aliphatic carbocycles. The van der Waals surface area contributed by atoms with Gasteiger partial charge in [-0.15, -0.1) is 0 Å². The number of esters is 1. The third kappa shape index (κ3) is 7.57. The number of halogens is 2. The molecule has 1 unspecified atom stereocenters. The van der Waals surface area contributed by atoms with Crippen molar-refractivity contribution in [2.45, 2.75) is 123 Å². The second-order valence-electron chi connectivity index (χ2n) is 12.1. The minimum absolute atomic E-state index is 0.0241. The Bertz CT molecular complexity index is 965. The van der Waals surface area contributed by atoms with E-state index in [2.05, 4.69) is 19.1 Å². The second kappa shape index (κ2) is 14.4. The number of carbonyl (C=O) groups is 1. The van der Waals surface area contributed by atoms with Gasteiger partial charge in [-0.05, 0) is 113 Å². The SMILES string of the molecule is C/C=C/CCC1CCC(C2CCC(C(=O)OC3CC=C(c4ccc(CCCC)c(F)c4F)CC3)CC2)CC1. The molecule has 3 aliphatic rings. The van der Waals surface area contributed by atoms with Crippen LogP contribution in [0.25, 0.3) is 5.57 Å². The first kappa shape index (κ1) is 29.0. The zero-order chi connectivity index (χ0) is 26.9. The van der Waals surface area contributed by atoms with Gasteiger partial charge in [-0.1, -0.05) is 56.5 Å². The van der Waals surface area contributed by atoms with E-state index in [4.69, 9.17) is 4.74 Å². The van der Waals surface area contributed by atoms with E-state index < -0.39 is 11.6 Å². The first-order chi connectivity index (χ1) is 18.5. The maximum Gasteiger partial charge on any atom is 0.309 e. The van der Waals surface area contributed by atoms with Crippen molar-refractivity contribution in [3.8, 4) is 0 Å². The fraction of sp³-hybridized carbons (Fsp3) is 0.676. The molecule has 0 amide bonds. The highest BCUT2D eigenvalue weighted by molar-refractivity contribution is 5.73. The van der Waals surface area contributed by atoms with E-state index in [0.717, 1.165) is 61.9 Å². The van der Waals surface area contributed by atoms with Crippen LogP contribution in [0, 0.1) is 35.3 Å². The zero-order valence-corrected chi connectivity index (χ0v) is 23.7. The van der Waals surface area contributed by atoms with Crippen LogP contribution in [0.5, 0.6) is 0 Å². The van der Waals surface area contributed by atoms with Gasteiger partial charge >= 0.3 is 5.97 Å². The largest absolute Gasteiger partial charge is 0.462 e. The quantitative estimate of drug-likeness (QED) is 0.224. The molecule has 0 spiro atoms. The molecule has 1 aromatic rings. The summed E-state index contributed by atoms with van der Waals surface area (Å²) >= 11 is 0. The summed E-state index contributed by atoms with van der Waals surface area (Å²) < 4.78 is 35.2. The van der Waals surface area contributed by atoms with Crippen LogP contribution in [0.15, 0.2) is 30.4 Å². The first-order valence-corrected chi connectivity index (χ1v) is 15.5. The average molecular weight is 527 g/mol. The molecule has 2 fully saturated rings. The fourth-order valence-electron chi connectivity index (χ4n) is 7.09. The third-order valence-electron chi connectivity index (χ3n) is 9.59. The van der Waals surface area contributed by atoms with Crippen LogP contribution in [-0.4, -0.2) is 12.1 Å². The number of unbranched alkanes of at least 4 members (excludes halogenated alkanes) is 1. The molecular formula is C34H48F2O2. The Morgan fingerprint density at radius 1 is 0.974 bits per heavy atom. The summed E-state index contributed by atoms with van der Waals surface area (Å²) in [6.45, 7) is 4.15. The van der Waals surface area contributed by atoms with Crippen molar-refractivity contribution in [3.05, 3.63) is 53.1 Å². The Morgan fingerprint density at radius 2 is 1.68 bits per heavy atom.